The zero-order chi connectivity index (χ0) is 9.26. The summed E-state index contributed by atoms with van der Waals surface area (Å²) >= 11 is 0. The van der Waals surface area contributed by atoms with Crippen LogP contribution in [0.1, 0.15) is 23.8 Å². The van der Waals surface area contributed by atoms with Gasteiger partial charge < -0.3 is 4.74 Å². The van der Waals surface area contributed by atoms with Crippen molar-refractivity contribution in [1.82, 2.24) is 10.2 Å². The second kappa shape index (κ2) is 3.14. The molecule has 0 fully saturated rings. The van der Waals surface area contributed by atoms with Gasteiger partial charge in [-0.15, -0.1) is 0 Å². The van der Waals surface area contributed by atoms with Gasteiger partial charge in [-0.2, -0.15) is 5.10 Å². The van der Waals surface area contributed by atoms with E-state index in [2.05, 4.69) is 10.2 Å². The number of nitrogens with zero attached hydrogens (tertiary/aromatic N) is 1. The van der Waals surface area contributed by atoms with Gasteiger partial charge in [0.25, 0.3) is 0 Å². The first-order valence-electron chi connectivity index (χ1n) is 4.10. The molecule has 0 amide bonds. The number of nitrogens with one attached hydrogen (secondary N) is 1. The fourth-order valence-corrected chi connectivity index (χ4v) is 1.48. The van der Waals surface area contributed by atoms with Crippen molar-refractivity contribution in [1.29, 1.82) is 0 Å². The van der Waals surface area contributed by atoms with Gasteiger partial charge in [-0.05, 0) is 6.42 Å². The fourth-order valence-electron chi connectivity index (χ4n) is 1.48. The van der Waals surface area contributed by atoms with Crippen LogP contribution < -0.4 is 5.43 Å². The molecule has 68 valence electrons. The minimum atomic E-state index is -0.0681. The molecule has 1 N–H and O–H groups in total. The van der Waals surface area contributed by atoms with E-state index < -0.39 is 0 Å². The summed E-state index contributed by atoms with van der Waals surface area (Å²) in [5.74, 6) is 0. The van der Waals surface area contributed by atoms with E-state index in [1.807, 2.05) is 12.2 Å². The molecule has 0 bridgehead atoms. The number of aromatic nitrogens is 2. The van der Waals surface area contributed by atoms with Crippen LogP contribution in [0.25, 0.3) is 6.08 Å². The summed E-state index contributed by atoms with van der Waals surface area (Å²) in [4.78, 5) is 11.3. The molecule has 2 rings (SSSR count). The Labute approximate surface area is 75.2 Å². The first-order valence-corrected chi connectivity index (χ1v) is 4.10. The van der Waals surface area contributed by atoms with Gasteiger partial charge in [-0.25, -0.2) is 0 Å². The quantitative estimate of drug-likeness (QED) is 0.694. The molecule has 4 heteroatoms. The molecule has 0 aromatic carbocycles. The second-order valence-corrected chi connectivity index (χ2v) is 2.92. The van der Waals surface area contributed by atoms with E-state index in [0.717, 1.165) is 12.1 Å². The predicted octanol–water partition coefficient (Wildman–Crippen LogP) is 0.874. The van der Waals surface area contributed by atoms with Gasteiger partial charge in [0.1, 0.15) is 6.10 Å². The summed E-state index contributed by atoms with van der Waals surface area (Å²) in [5.41, 5.74) is 1.37. The minimum Gasteiger partial charge on any atom is -0.375 e. The maximum absolute atomic E-state index is 11.3. The van der Waals surface area contributed by atoms with Gasteiger partial charge in [0.2, 0.25) is 5.43 Å². The van der Waals surface area contributed by atoms with Crippen LogP contribution in [0.3, 0.4) is 0 Å². The Morgan fingerprint density at radius 1 is 1.69 bits per heavy atom. The Morgan fingerprint density at radius 3 is 3.31 bits per heavy atom. The lowest BCUT2D eigenvalue weighted by Crippen LogP contribution is -2.17. The second-order valence-electron chi connectivity index (χ2n) is 2.92. The van der Waals surface area contributed by atoms with Crippen LogP contribution in [-0.4, -0.2) is 17.3 Å². The standard InChI is InChI=1S/C9H10N2O2/c1-13-8-4-2-3-6-7(12)5-10-11-9(6)8/h2-3,5,8H,4H2,1H3,(H,11,12). The van der Waals surface area contributed by atoms with Gasteiger partial charge >= 0.3 is 0 Å². The Kier molecular flexibility index (Phi) is 1.98. The summed E-state index contributed by atoms with van der Waals surface area (Å²) in [6.07, 6.45) is 5.74. The number of ether oxygens (including phenoxy) is 1. The van der Waals surface area contributed by atoms with Crippen LogP contribution in [0.15, 0.2) is 17.1 Å². The van der Waals surface area contributed by atoms with E-state index in [1.165, 1.54) is 6.20 Å². The van der Waals surface area contributed by atoms with Crippen LogP contribution in [0.4, 0.5) is 0 Å². The summed E-state index contributed by atoms with van der Waals surface area (Å²) in [7, 11) is 1.62. The fraction of sp³-hybridized carbons (Fsp3) is 0.333. The number of H-pyrrole nitrogens is 1. The van der Waals surface area contributed by atoms with Crippen molar-refractivity contribution < 1.29 is 4.74 Å². The molecule has 0 saturated heterocycles. The number of aromatic amines is 1. The van der Waals surface area contributed by atoms with E-state index in [0.29, 0.717) is 5.56 Å². The summed E-state index contributed by atoms with van der Waals surface area (Å²) in [6, 6.07) is 0. The molecule has 1 aliphatic carbocycles. The molecule has 1 aromatic heterocycles. The lowest BCUT2D eigenvalue weighted by Gasteiger charge is -2.18. The Hall–Kier alpha value is -1.42. The molecule has 4 nitrogen and oxygen atoms in total. The average Bonchev–Trinajstić information content (AvgIpc) is 2.18. The number of hydrogen-bond acceptors (Lipinski definition) is 3. The Morgan fingerprint density at radius 2 is 2.54 bits per heavy atom. The molecule has 1 unspecified atom stereocenters. The molecule has 0 spiro atoms. The van der Waals surface area contributed by atoms with Crippen molar-refractivity contribution in [3.05, 3.63) is 33.8 Å². The highest BCUT2D eigenvalue weighted by molar-refractivity contribution is 5.54. The molecule has 1 aromatic rings. The third kappa shape index (κ3) is 1.29. The van der Waals surface area contributed by atoms with Crippen molar-refractivity contribution in [3.63, 3.8) is 0 Å². The van der Waals surface area contributed by atoms with Crippen molar-refractivity contribution in [2.75, 3.05) is 7.11 Å². The molecule has 0 radical (unpaired) electrons. The van der Waals surface area contributed by atoms with Crippen LogP contribution in [0.2, 0.25) is 0 Å². The van der Waals surface area contributed by atoms with Gasteiger partial charge in [0.15, 0.2) is 0 Å². The third-order valence-corrected chi connectivity index (χ3v) is 2.16. The largest absolute Gasteiger partial charge is 0.375 e. The SMILES string of the molecule is COC1CC=Cc2c1[nH]ncc2=O. The van der Waals surface area contributed by atoms with Gasteiger partial charge in [0, 0.05) is 12.7 Å². The Balaban J connectivity index is 2.59. The number of hydrogen-bond donors (Lipinski definition) is 1. The van der Waals surface area contributed by atoms with E-state index in [1.54, 1.807) is 7.11 Å². The van der Waals surface area contributed by atoms with Gasteiger partial charge in [-0.3, -0.25) is 9.89 Å². The monoisotopic (exact) mass is 178 g/mol. The Bertz CT molecular complexity index is 395. The van der Waals surface area contributed by atoms with Crippen LogP contribution in [-0.2, 0) is 4.74 Å². The highest BCUT2D eigenvalue weighted by atomic mass is 16.5. The highest BCUT2D eigenvalue weighted by Crippen LogP contribution is 2.25. The first-order chi connectivity index (χ1) is 6.33. The van der Waals surface area contributed by atoms with Gasteiger partial charge in [0.05, 0.1) is 11.9 Å². The molecule has 13 heavy (non-hydrogen) atoms. The number of fused-ring (bicyclic) bond motifs is 1. The topological polar surface area (TPSA) is 55.0 Å². The zero-order valence-electron chi connectivity index (χ0n) is 7.28. The smallest absolute Gasteiger partial charge is 0.207 e. The summed E-state index contributed by atoms with van der Waals surface area (Å²) in [5, 5.41) is 6.55. The van der Waals surface area contributed by atoms with E-state index in [9.17, 15) is 4.79 Å². The number of methoxy groups -OCH3 is 1. The zero-order valence-corrected chi connectivity index (χ0v) is 7.28. The molecule has 1 heterocycles. The van der Waals surface area contributed by atoms with Crippen LogP contribution >= 0.6 is 0 Å². The predicted molar refractivity (Wildman–Crippen MR) is 48.3 cm³/mol. The average molecular weight is 178 g/mol. The van der Waals surface area contributed by atoms with Crippen LogP contribution in [0.5, 0.6) is 0 Å². The maximum Gasteiger partial charge on any atom is 0.207 e. The summed E-state index contributed by atoms with van der Waals surface area (Å²) in [6.45, 7) is 0. The maximum atomic E-state index is 11.3. The molecule has 1 aliphatic rings. The lowest BCUT2D eigenvalue weighted by molar-refractivity contribution is 0.100. The van der Waals surface area contributed by atoms with Crippen molar-refractivity contribution in [2.24, 2.45) is 0 Å². The minimum absolute atomic E-state index is 0.0632. The van der Waals surface area contributed by atoms with Crippen molar-refractivity contribution >= 4 is 6.08 Å². The normalized spacial score (nSPS) is 19.9. The van der Waals surface area contributed by atoms with Crippen molar-refractivity contribution in [2.45, 2.75) is 12.5 Å². The molecular weight excluding hydrogens is 168 g/mol. The van der Waals surface area contributed by atoms with E-state index in [4.69, 9.17) is 4.74 Å². The molecular formula is C9H10N2O2. The number of rotatable bonds is 1. The van der Waals surface area contributed by atoms with Crippen molar-refractivity contribution in [3.8, 4) is 0 Å². The van der Waals surface area contributed by atoms with E-state index >= 15 is 0 Å². The molecule has 1 atom stereocenters. The first kappa shape index (κ1) is 8.19. The summed E-state index contributed by atoms with van der Waals surface area (Å²) < 4.78 is 5.21. The molecule has 0 aliphatic heterocycles. The lowest BCUT2D eigenvalue weighted by atomic mass is 10.0. The third-order valence-electron chi connectivity index (χ3n) is 2.16. The van der Waals surface area contributed by atoms with Gasteiger partial charge in [-0.1, -0.05) is 12.2 Å². The van der Waals surface area contributed by atoms with Crippen LogP contribution in [0, 0.1) is 0 Å². The molecule has 0 saturated carbocycles. The van der Waals surface area contributed by atoms with E-state index in [-0.39, 0.29) is 11.5 Å². The highest BCUT2D eigenvalue weighted by Gasteiger charge is 2.18.